The van der Waals surface area contributed by atoms with Crippen molar-refractivity contribution < 1.29 is 19.0 Å². The average Bonchev–Trinajstić information content (AvgIpc) is 2.64. The molecule has 5 heteroatoms. The first kappa shape index (κ1) is 15.6. The molecule has 0 saturated heterocycles. The number of benzene rings is 1. The summed E-state index contributed by atoms with van der Waals surface area (Å²) < 4.78 is 16.2. The van der Waals surface area contributed by atoms with Crippen LogP contribution in [0.3, 0.4) is 0 Å². The third kappa shape index (κ3) is 2.35. The Bertz CT molecular complexity index is 982. The number of carbonyl (C=O) groups excluding carboxylic acids is 1. The van der Waals surface area contributed by atoms with Crippen LogP contribution in [0.25, 0.3) is 12.3 Å². The highest BCUT2D eigenvalue weighted by Crippen LogP contribution is 2.34. The van der Waals surface area contributed by atoms with E-state index in [-0.39, 0.29) is 5.78 Å². The topological polar surface area (TPSA) is 48.0 Å². The van der Waals surface area contributed by atoms with Crippen molar-refractivity contribution in [2.45, 2.75) is 6.42 Å². The molecule has 2 heterocycles. The van der Waals surface area contributed by atoms with Crippen molar-refractivity contribution in [2.75, 3.05) is 27.9 Å². The molecule has 25 heavy (non-hydrogen) atoms. The van der Waals surface area contributed by atoms with E-state index < -0.39 is 0 Å². The van der Waals surface area contributed by atoms with Crippen LogP contribution < -0.4 is 19.9 Å². The van der Waals surface area contributed by atoms with Crippen molar-refractivity contribution in [1.29, 1.82) is 0 Å². The average molecular weight is 337 g/mol. The number of hydrogen-bond acceptors (Lipinski definition) is 5. The second-order valence-corrected chi connectivity index (χ2v) is 6.07. The number of allylic oxidation sites excluding steroid dienone is 4. The van der Waals surface area contributed by atoms with Gasteiger partial charge in [-0.15, -0.1) is 0 Å². The quantitative estimate of drug-likeness (QED) is 0.830. The number of carbonyl (C=O) groups is 1. The minimum atomic E-state index is -0.0677. The van der Waals surface area contributed by atoms with Crippen LogP contribution in [-0.4, -0.2) is 38.6 Å². The molecular weight excluding hydrogens is 318 g/mol. The number of methoxy groups -OCH3 is 3. The van der Waals surface area contributed by atoms with Crippen LogP contribution in [0.4, 0.5) is 0 Å². The largest absolute Gasteiger partial charge is 0.493 e. The van der Waals surface area contributed by atoms with Gasteiger partial charge in [-0.05, 0) is 41.5 Å². The molecule has 2 aliphatic heterocycles. The summed E-state index contributed by atoms with van der Waals surface area (Å²) in [7, 11) is 4.81. The molecule has 128 valence electrons. The smallest absolute Gasteiger partial charge is 0.220 e. The zero-order valence-corrected chi connectivity index (χ0v) is 14.5. The van der Waals surface area contributed by atoms with Gasteiger partial charge >= 0.3 is 0 Å². The van der Waals surface area contributed by atoms with E-state index in [1.165, 1.54) is 7.11 Å². The van der Waals surface area contributed by atoms with E-state index in [9.17, 15) is 4.79 Å². The second-order valence-electron chi connectivity index (χ2n) is 6.07. The summed E-state index contributed by atoms with van der Waals surface area (Å²) in [5.74, 6) is 1.75. The van der Waals surface area contributed by atoms with Crippen LogP contribution in [0.5, 0.6) is 11.5 Å². The van der Waals surface area contributed by atoms with Gasteiger partial charge in [-0.25, -0.2) is 0 Å². The Hall–Kier alpha value is -2.95. The lowest BCUT2D eigenvalue weighted by Crippen LogP contribution is -2.38. The lowest BCUT2D eigenvalue weighted by Gasteiger charge is -2.33. The highest BCUT2D eigenvalue weighted by Gasteiger charge is 2.27. The predicted octanol–water partition coefficient (Wildman–Crippen LogP) is 1.24. The van der Waals surface area contributed by atoms with E-state index in [1.54, 1.807) is 20.3 Å². The van der Waals surface area contributed by atoms with Crippen LogP contribution in [0.2, 0.25) is 0 Å². The van der Waals surface area contributed by atoms with Crippen LogP contribution >= 0.6 is 0 Å². The predicted molar refractivity (Wildman–Crippen MR) is 94.3 cm³/mol. The molecular formula is C20H19NO4. The molecule has 0 saturated carbocycles. The molecule has 0 radical (unpaired) electrons. The van der Waals surface area contributed by atoms with Gasteiger partial charge in [-0.2, -0.15) is 0 Å². The molecule has 0 atom stereocenters. The SMILES string of the molecule is COC1=CC2=C3C=c4ccc(OC)c(OC)c4=CN3CCC2=CC1=O. The molecule has 3 aliphatic rings. The van der Waals surface area contributed by atoms with Crippen LogP contribution in [0.1, 0.15) is 6.42 Å². The molecule has 5 nitrogen and oxygen atoms in total. The third-order valence-corrected chi connectivity index (χ3v) is 4.79. The van der Waals surface area contributed by atoms with Crippen LogP contribution in [0, 0.1) is 0 Å². The summed E-state index contributed by atoms with van der Waals surface area (Å²) in [5.41, 5.74) is 3.17. The van der Waals surface area contributed by atoms with Gasteiger partial charge in [0.05, 0.1) is 21.3 Å². The first-order valence-electron chi connectivity index (χ1n) is 8.12. The minimum Gasteiger partial charge on any atom is -0.493 e. The lowest BCUT2D eigenvalue weighted by molar-refractivity contribution is -0.114. The first-order chi connectivity index (χ1) is 12.2. The lowest BCUT2D eigenvalue weighted by atomic mass is 9.89. The maximum atomic E-state index is 12.0. The summed E-state index contributed by atoms with van der Waals surface area (Å²) in [6, 6.07) is 3.92. The van der Waals surface area contributed by atoms with Gasteiger partial charge in [-0.3, -0.25) is 4.79 Å². The van der Waals surface area contributed by atoms with Crippen molar-refractivity contribution >= 4 is 18.1 Å². The van der Waals surface area contributed by atoms with Gasteiger partial charge in [0.25, 0.3) is 0 Å². The molecule has 1 aliphatic carbocycles. The van der Waals surface area contributed by atoms with Gasteiger partial charge in [0, 0.05) is 29.2 Å². The van der Waals surface area contributed by atoms with Crippen molar-refractivity contribution in [2.24, 2.45) is 0 Å². The van der Waals surface area contributed by atoms with Gasteiger partial charge in [0.2, 0.25) is 5.78 Å². The zero-order chi connectivity index (χ0) is 17.6. The Kier molecular flexibility index (Phi) is 3.64. The van der Waals surface area contributed by atoms with Crippen LogP contribution in [0.15, 0.2) is 46.9 Å². The van der Waals surface area contributed by atoms with E-state index in [0.717, 1.165) is 46.0 Å². The summed E-state index contributed by atoms with van der Waals surface area (Å²) >= 11 is 0. The summed E-state index contributed by atoms with van der Waals surface area (Å²) in [4.78, 5) is 14.2. The van der Waals surface area contributed by atoms with Gasteiger partial charge in [0.15, 0.2) is 17.3 Å². The summed E-state index contributed by atoms with van der Waals surface area (Å²) in [6.07, 6.45) is 8.56. The normalized spacial score (nSPS) is 18.0. The maximum absolute atomic E-state index is 12.0. The number of rotatable bonds is 3. The fourth-order valence-corrected chi connectivity index (χ4v) is 3.55. The molecule has 0 fully saturated rings. The molecule has 0 N–H and O–H groups in total. The van der Waals surface area contributed by atoms with E-state index in [1.807, 2.05) is 18.2 Å². The first-order valence-corrected chi connectivity index (χ1v) is 8.12. The Morgan fingerprint density at radius 3 is 2.56 bits per heavy atom. The highest BCUT2D eigenvalue weighted by molar-refractivity contribution is 6.05. The number of hydrogen-bond donors (Lipinski definition) is 0. The van der Waals surface area contributed by atoms with Crippen molar-refractivity contribution in [3.8, 4) is 11.5 Å². The number of ether oxygens (including phenoxy) is 3. The Morgan fingerprint density at radius 2 is 1.84 bits per heavy atom. The molecule has 1 aromatic carbocycles. The maximum Gasteiger partial charge on any atom is 0.220 e. The monoisotopic (exact) mass is 337 g/mol. The van der Waals surface area contributed by atoms with Gasteiger partial charge in [-0.1, -0.05) is 6.07 Å². The number of fused-ring (bicyclic) bond motifs is 3. The summed E-state index contributed by atoms with van der Waals surface area (Å²) in [6.45, 7) is 0.810. The van der Waals surface area contributed by atoms with Crippen LogP contribution in [-0.2, 0) is 9.53 Å². The van der Waals surface area contributed by atoms with E-state index in [0.29, 0.717) is 11.5 Å². The van der Waals surface area contributed by atoms with Gasteiger partial charge < -0.3 is 19.1 Å². The number of ketones is 1. The second kappa shape index (κ2) is 5.84. The molecule has 0 bridgehead atoms. The van der Waals surface area contributed by atoms with Crippen molar-refractivity contribution in [3.05, 3.63) is 57.3 Å². The molecule has 0 unspecified atom stereocenters. The zero-order valence-electron chi connectivity index (χ0n) is 14.5. The Morgan fingerprint density at radius 1 is 1.00 bits per heavy atom. The molecule has 0 amide bonds. The van der Waals surface area contributed by atoms with Crippen molar-refractivity contribution in [3.63, 3.8) is 0 Å². The van der Waals surface area contributed by atoms with Crippen molar-refractivity contribution in [1.82, 2.24) is 4.90 Å². The fraction of sp³-hybridized carbons (Fsp3) is 0.250. The third-order valence-electron chi connectivity index (χ3n) is 4.79. The standard InChI is InChI=1S/C20H19NO4/c1-23-18-5-4-12-8-16-14-10-19(24-2)17(22)9-13(14)6-7-21(16)11-15(12)20(18)25-3/h4-5,8-11H,6-7H2,1-3H3. The van der Waals surface area contributed by atoms with E-state index in [2.05, 4.69) is 17.2 Å². The van der Waals surface area contributed by atoms with E-state index >= 15 is 0 Å². The fourth-order valence-electron chi connectivity index (χ4n) is 3.55. The Balaban J connectivity index is 1.96. The summed E-state index contributed by atoms with van der Waals surface area (Å²) in [5, 5.41) is 2.06. The molecule has 4 rings (SSSR count). The van der Waals surface area contributed by atoms with E-state index in [4.69, 9.17) is 14.2 Å². The molecule has 1 aromatic rings. The highest BCUT2D eigenvalue weighted by atomic mass is 16.5. The molecule has 0 aromatic heterocycles. The Labute approximate surface area is 145 Å². The van der Waals surface area contributed by atoms with Gasteiger partial charge in [0.1, 0.15) is 0 Å². The number of nitrogens with zero attached hydrogens (tertiary/aromatic N) is 1. The minimum absolute atomic E-state index is 0.0677. The molecule has 0 spiro atoms.